The second kappa shape index (κ2) is 12.7. The summed E-state index contributed by atoms with van der Waals surface area (Å²) in [6.45, 7) is 3.44. The standard InChI is InChI=1S/C19H28N4O.HI/c1-2-3-4-5-6-10-13-21-19(20)23-15-18-22-14-17(24-18)16-11-8-7-9-12-16;/h7-9,11-12,14H,2-6,10,13,15H2,1H3,(H3,20,21,23);1H. The first kappa shape index (κ1) is 21.5. The van der Waals surface area contributed by atoms with Crippen molar-refractivity contribution >= 4 is 29.9 Å². The number of hydrogen-bond donors (Lipinski definition) is 2. The first-order chi connectivity index (χ1) is 11.8. The molecule has 0 amide bonds. The lowest BCUT2D eigenvalue weighted by atomic mass is 10.1. The van der Waals surface area contributed by atoms with Crippen molar-refractivity contribution in [3.05, 3.63) is 42.4 Å². The fourth-order valence-electron chi connectivity index (χ4n) is 2.45. The number of halogens is 1. The van der Waals surface area contributed by atoms with E-state index in [9.17, 15) is 0 Å². The number of aromatic nitrogens is 1. The summed E-state index contributed by atoms with van der Waals surface area (Å²) in [6.07, 6.45) is 9.32. The summed E-state index contributed by atoms with van der Waals surface area (Å²) < 4.78 is 5.70. The van der Waals surface area contributed by atoms with Gasteiger partial charge in [-0.2, -0.15) is 0 Å². The number of nitrogens with one attached hydrogen (secondary N) is 1. The fraction of sp³-hybridized carbons (Fsp3) is 0.474. The van der Waals surface area contributed by atoms with Crippen molar-refractivity contribution in [2.24, 2.45) is 10.7 Å². The van der Waals surface area contributed by atoms with Crippen LogP contribution in [0.1, 0.15) is 51.3 Å². The maximum absolute atomic E-state index is 5.87. The van der Waals surface area contributed by atoms with Crippen molar-refractivity contribution in [2.75, 3.05) is 6.54 Å². The normalized spacial score (nSPS) is 11.2. The molecule has 3 N–H and O–H groups in total. The van der Waals surface area contributed by atoms with Gasteiger partial charge in [0.1, 0.15) is 6.54 Å². The summed E-state index contributed by atoms with van der Waals surface area (Å²) in [4.78, 5) is 8.52. The zero-order valence-corrected chi connectivity index (χ0v) is 17.2. The highest BCUT2D eigenvalue weighted by molar-refractivity contribution is 14.0. The first-order valence-corrected chi connectivity index (χ1v) is 8.83. The monoisotopic (exact) mass is 456 g/mol. The summed E-state index contributed by atoms with van der Waals surface area (Å²) in [5.41, 5.74) is 6.88. The van der Waals surface area contributed by atoms with Crippen LogP contribution >= 0.6 is 24.0 Å². The lowest BCUT2D eigenvalue weighted by molar-refractivity contribution is 0.509. The van der Waals surface area contributed by atoms with Gasteiger partial charge in [0.15, 0.2) is 11.7 Å². The van der Waals surface area contributed by atoms with Gasteiger partial charge in [0.2, 0.25) is 5.89 Å². The van der Waals surface area contributed by atoms with Crippen LogP contribution in [-0.4, -0.2) is 17.5 Å². The maximum Gasteiger partial charge on any atom is 0.216 e. The third kappa shape index (κ3) is 8.38. The van der Waals surface area contributed by atoms with Crippen molar-refractivity contribution in [3.63, 3.8) is 0 Å². The number of hydrogen-bond acceptors (Lipinski definition) is 3. The third-order valence-electron chi connectivity index (χ3n) is 3.83. The molecular formula is C19H29IN4O. The molecule has 0 saturated heterocycles. The summed E-state index contributed by atoms with van der Waals surface area (Å²) in [7, 11) is 0. The van der Waals surface area contributed by atoms with Crippen LogP contribution in [0.25, 0.3) is 11.3 Å². The van der Waals surface area contributed by atoms with E-state index in [1.165, 1.54) is 32.1 Å². The molecule has 1 aromatic carbocycles. The molecule has 25 heavy (non-hydrogen) atoms. The molecule has 138 valence electrons. The van der Waals surface area contributed by atoms with Crippen LogP contribution in [0.2, 0.25) is 0 Å². The summed E-state index contributed by atoms with van der Waals surface area (Å²) in [5, 5.41) is 3.14. The van der Waals surface area contributed by atoms with Crippen molar-refractivity contribution in [1.82, 2.24) is 10.3 Å². The van der Waals surface area contributed by atoms with E-state index < -0.39 is 0 Å². The van der Waals surface area contributed by atoms with Crippen LogP contribution < -0.4 is 11.1 Å². The molecule has 1 aromatic heterocycles. The third-order valence-corrected chi connectivity index (χ3v) is 3.83. The minimum absolute atomic E-state index is 0. The van der Waals surface area contributed by atoms with Crippen LogP contribution in [0, 0.1) is 0 Å². The molecule has 0 bridgehead atoms. The maximum atomic E-state index is 5.87. The molecule has 0 radical (unpaired) electrons. The summed E-state index contributed by atoms with van der Waals surface area (Å²) >= 11 is 0. The zero-order valence-electron chi connectivity index (χ0n) is 14.9. The van der Waals surface area contributed by atoms with Crippen LogP contribution in [0.15, 0.2) is 45.9 Å². The Morgan fingerprint density at radius 2 is 1.84 bits per heavy atom. The van der Waals surface area contributed by atoms with Gasteiger partial charge < -0.3 is 15.5 Å². The molecule has 6 heteroatoms. The highest BCUT2D eigenvalue weighted by Gasteiger charge is 2.05. The number of oxazole rings is 1. The molecule has 0 spiro atoms. The topological polar surface area (TPSA) is 76.4 Å². The van der Waals surface area contributed by atoms with Crippen LogP contribution in [0.5, 0.6) is 0 Å². The van der Waals surface area contributed by atoms with Gasteiger partial charge in [0.05, 0.1) is 6.20 Å². The second-order valence-corrected chi connectivity index (χ2v) is 5.88. The molecular weight excluding hydrogens is 427 g/mol. The number of unbranched alkanes of at least 4 members (excludes halogenated alkanes) is 5. The van der Waals surface area contributed by atoms with Crippen molar-refractivity contribution in [2.45, 2.75) is 52.0 Å². The molecule has 5 nitrogen and oxygen atoms in total. The number of guanidine groups is 1. The van der Waals surface area contributed by atoms with Crippen LogP contribution in [-0.2, 0) is 6.54 Å². The molecule has 0 aliphatic heterocycles. The quantitative estimate of drug-likeness (QED) is 0.235. The Balaban J connectivity index is 0.00000312. The average molecular weight is 456 g/mol. The van der Waals surface area contributed by atoms with E-state index in [0.29, 0.717) is 18.4 Å². The molecule has 1 heterocycles. The molecule has 0 aliphatic carbocycles. The number of rotatable bonds is 10. The van der Waals surface area contributed by atoms with E-state index in [4.69, 9.17) is 10.2 Å². The lowest BCUT2D eigenvalue weighted by Crippen LogP contribution is -2.32. The fourth-order valence-corrected chi connectivity index (χ4v) is 2.45. The predicted octanol–water partition coefficient (Wildman–Crippen LogP) is 4.72. The number of aliphatic imine (C=N–C) groups is 1. The minimum Gasteiger partial charge on any atom is -0.439 e. The Labute approximate surface area is 167 Å². The Morgan fingerprint density at radius 3 is 2.60 bits per heavy atom. The molecule has 0 aliphatic rings. The van der Waals surface area contributed by atoms with E-state index in [-0.39, 0.29) is 24.0 Å². The molecule has 2 rings (SSSR count). The summed E-state index contributed by atoms with van der Waals surface area (Å²) in [5.74, 6) is 1.76. The zero-order chi connectivity index (χ0) is 17.0. The van der Waals surface area contributed by atoms with E-state index in [1.807, 2.05) is 30.3 Å². The van der Waals surface area contributed by atoms with Gasteiger partial charge >= 0.3 is 0 Å². The molecule has 0 atom stereocenters. The van der Waals surface area contributed by atoms with E-state index in [0.717, 1.165) is 24.3 Å². The van der Waals surface area contributed by atoms with Crippen molar-refractivity contribution < 1.29 is 4.42 Å². The number of benzene rings is 1. The van der Waals surface area contributed by atoms with Gasteiger partial charge in [-0.3, -0.25) is 0 Å². The van der Waals surface area contributed by atoms with E-state index >= 15 is 0 Å². The SMILES string of the molecule is CCCCCCCCNC(N)=NCc1ncc(-c2ccccc2)o1.I. The molecule has 0 fully saturated rings. The summed E-state index contributed by atoms with van der Waals surface area (Å²) in [6, 6.07) is 9.90. The Hall–Kier alpha value is -1.57. The van der Waals surface area contributed by atoms with E-state index in [2.05, 4.69) is 22.2 Å². The smallest absolute Gasteiger partial charge is 0.216 e. The van der Waals surface area contributed by atoms with E-state index in [1.54, 1.807) is 6.20 Å². The van der Waals surface area contributed by atoms with Gasteiger partial charge in [0, 0.05) is 12.1 Å². The minimum atomic E-state index is 0. The Morgan fingerprint density at radius 1 is 1.12 bits per heavy atom. The second-order valence-electron chi connectivity index (χ2n) is 5.88. The van der Waals surface area contributed by atoms with Gasteiger partial charge in [-0.15, -0.1) is 24.0 Å². The lowest BCUT2D eigenvalue weighted by Gasteiger charge is -2.05. The van der Waals surface area contributed by atoms with Crippen LogP contribution in [0.3, 0.4) is 0 Å². The van der Waals surface area contributed by atoms with Gasteiger partial charge in [-0.05, 0) is 6.42 Å². The number of nitrogens with zero attached hydrogens (tertiary/aromatic N) is 2. The van der Waals surface area contributed by atoms with Crippen LogP contribution in [0.4, 0.5) is 0 Å². The highest BCUT2D eigenvalue weighted by atomic mass is 127. The first-order valence-electron chi connectivity index (χ1n) is 8.83. The predicted molar refractivity (Wildman–Crippen MR) is 114 cm³/mol. The van der Waals surface area contributed by atoms with Crippen molar-refractivity contribution in [1.29, 1.82) is 0 Å². The van der Waals surface area contributed by atoms with Gasteiger partial charge in [-0.25, -0.2) is 9.98 Å². The van der Waals surface area contributed by atoms with Gasteiger partial charge in [-0.1, -0.05) is 69.4 Å². The number of nitrogens with two attached hydrogens (primary N) is 1. The average Bonchev–Trinajstić information content (AvgIpc) is 3.09. The highest BCUT2D eigenvalue weighted by Crippen LogP contribution is 2.19. The van der Waals surface area contributed by atoms with Gasteiger partial charge in [0.25, 0.3) is 0 Å². The molecule has 0 saturated carbocycles. The Bertz CT molecular complexity index is 613. The largest absolute Gasteiger partial charge is 0.439 e. The molecule has 0 unspecified atom stereocenters. The van der Waals surface area contributed by atoms with Crippen molar-refractivity contribution in [3.8, 4) is 11.3 Å². The Kier molecular flexibility index (Phi) is 10.9. The molecule has 2 aromatic rings.